The van der Waals surface area contributed by atoms with Crippen LogP contribution in [0.2, 0.25) is 0 Å². The summed E-state index contributed by atoms with van der Waals surface area (Å²) in [4.78, 5) is 27.4. The highest BCUT2D eigenvalue weighted by molar-refractivity contribution is 5.89. The molecule has 0 radical (unpaired) electrons. The molecule has 0 aliphatic carbocycles. The number of piperidine rings is 1. The number of carboxylic acid groups (broad SMARTS) is 1. The van der Waals surface area contributed by atoms with E-state index < -0.39 is 5.97 Å². The molecule has 0 spiro atoms. The molecule has 0 bridgehead atoms. The first-order chi connectivity index (χ1) is 14.0. The Morgan fingerprint density at radius 3 is 2.45 bits per heavy atom. The van der Waals surface area contributed by atoms with Crippen molar-refractivity contribution >= 4 is 17.7 Å². The molecule has 1 saturated heterocycles. The minimum Gasteiger partial charge on any atom is -0.480 e. The fourth-order valence-corrected chi connectivity index (χ4v) is 3.57. The molecule has 2 amide bonds. The molecule has 0 atom stereocenters. The van der Waals surface area contributed by atoms with E-state index in [-0.39, 0.29) is 18.6 Å². The van der Waals surface area contributed by atoms with Crippen molar-refractivity contribution < 1.29 is 19.4 Å². The van der Waals surface area contributed by atoms with Crippen LogP contribution in [0.15, 0.2) is 54.6 Å². The largest absolute Gasteiger partial charge is 0.480 e. The maximum Gasteiger partial charge on any atom is 0.321 e. The quantitative estimate of drug-likeness (QED) is 0.741. The number of nitrogens with one attached hydrogen (secondary N) is 1. The van der Waals surface area contributed by atoms with E-state index in [0.717, 1.165) is 18.6 Å². The molecular formula is C22H27N3O4. The number of urea groups is 1. The molecule has 3 rings (SSSR count). The number of carboxylic acids is 1. The molecule has 154 valence electrons. The number of aliphatic carboxylic acids is 1. The summed E-state index contributed by atoms with van der Waals surface area (Å²) in [6, 6.07) is 16.8. The highest BCUT2D eigenvalue weighted by atomic mass is 16.5. The predicted octanol–water partition coefficient (Wildman–Crippen LogP) is 3.88. The van der Waals surface area contributed by atoms with Gasteiger partial charge in [0, 0.05) is 30.9 Å². The molecular weight excluding hydrogens is 370 g/mol. The van der Waals surface area contributed by atoms with Gasteiger partial charge < -0.3 is 20.1 Å². The van der Waals surface area contributed by atoms with E-state index >= 15 is 0 Å². The first-order valence-corrected chi connectivity index (χ1v) is 9.90. The SMILES string of the molecule is CCN(CC(=O)O)C1CCN(C(=O)Nc2cccc(Oc3ccccc3)c2)CC1. The molecule has 1 heterocycles. The van der Waals surface area contributed by atoms with Crippen LogP contribution in [0.4, 0.5) is 10.5 Å². The normalized spacial score (nSPS) is 14.6. The second-order valence-corrected chi connectivity index (χ2v) is 7.05. The van der Waals surface area contributed by atoms with Crippen LogP contribution in [0.5, 0.6) is 11.5 Å². The lowest BCUT2D eigenvalue weighted by Gasteiger charge is -2.37. The molecule has 1 aliphatic heterocycles. The summed E-state index contributed by atoms with van der Waals surface area (Å²) in [5.74, 6) is 0.574. The van der Waals surface area contributed by atoms with Crippen molar-refractivity contribution in [3.8, 4) is 11.5 Å². The lowest BCUT2D eigenvalue weighted by molar-refractivity contribution is -0.139. The maximum absolute atomic E-state index is 12.6. The van der Waals surface area contributed by atoms with Gasteiger partial charge in [-0.1, -0.05) is 31.2 Å². The van der Waals surface area contributed by atoms with Crippen LogP contribution < -0.4 is 10.1 Å². The number of anilines is 1. The van der Waals surface area contributed by atoms with E-state index in [2.05, 4.69) is 5.32 Å². The Labute approximate surface area is 170 Å². The number of rotatable bonds is 7. The summed E-state index contributed by atoms with van der Waals surface area (Å²) < 4.78 is 5.81. The smallest absolute Gasteiger partial charge is 0.321 e. The molecule has 0 aromatic heterocycles. The number of hydrogen-bond donors (Lipinski definition) is 2. The molecule has 7 heteroatoms. The zero-order chi connectivity index (χ0) is 20.6. The van der Waals surface area contributed by atoms with Crippen LogP contribution in [0.25, 0.3) is 0 Å². The standard InChI is InChI=1S/C22H27N3O4/c1-2-24(16-21(26)27)18-11-13-25(14-12-18)22(28)23-17-7-6-10-20(15-17)29-19-8-4-3-5-9-19/h3-10,15,18H,2,11-14,16H2,1H3,(H,23,28)(H,26,27). The van der Waals surface area contributed by atoms with Crippen LogP contribution >= 0.6 is 0 Å². The van der Waals surface area contributed by atoms with Crippen molar-refractivity contribution in [3.63, 3.8) is 0 Å². The monoisotopic (exact) mass is 397 g/mol. The number of amides is 2. The number of carbonyl (C=O) groups is 2. The van der Waals surface area contributed by atoms with Gasteiger partial charge in [0.05, 0.1) is 6.54 Å². The fraction of sp³-hybridized carbons (Fsp3) is 0.364. The number of benzene rings is 2. The minimum absolute atomic E-state index is 0.0432. The van der Waals surface area contributed by atoms with Gasteiger partial charge in [0.1, 0.15) is 11.5 Å². The van der Waals surface area contributed by atoms with Crippen molar-refractivity contribution in [1.29, 1.82) is 0 Å². The van der Waals surface area contributed by atoms with Crippen LogP contribution in [0.3, 0.4) is 0 Å². The molecule has 0 saturated carbocycles. The van der Waals surface area contributed by atoms with Gasteiger partial charge >= 0.3 is 12.0 Å². The zero-order valence-corrected chi connectivity index (χ0v) is 16.6. The predicted molar refractivity (Wildman–Crippen MR) is 111 cm³/mol. The van der Waals surface area contributed by atoms with Gasteiger partial charge in [0.2, 0.25) is 0 Å². The maximum atomic E-state index is 12.6. The summed E-state index contributed by atoms with van der Waals surface area (Å²) in [7, 11) is 0. The number of ether oxygens (including phenoxy) is 1. The summed E-state index contributed by atoms with van der Waals surface area (Å²) >= 11 is 0. The lowest BCUT2D eigenvalue weighted by Crippen LogP contribution is -2.49. The average molecular weight is 397 g/mol. The highest BCUT2D eigenvalue weighted by Crippen LogP contribution is 2.24. The summed E-state index contributed by atoms with van der Waals surface area (Å²) in [5.41, 5.74) is 0.673. The number of likely N-dealkylation sites (N-methyl/N-ethyl adjacent to an activating group) is 1. The summed E-state index contributed by atoms with van der Waals surface area (Å²) in [5, 5.41) is 12.0. The molecule has 1 aliphatic rings. The Morgan fingerprint density at radius 1 is 1.10 bits per heavy atom. The number of likely N-dealkylation sites (tertiary alicyclic amines) is 1. The molecule has 29 heavy (non-hydrogen) atoms. The Bertz CT molecular complexity index is 820. The lowest BCUT2D eigenvalue weighted by atomic mass is 10.0. The van der Waals surface area contributed by atoms with Gasteiger partial charge in [-0.3, -0.25) is 9.69 Å². The van der Waals surface area contributed by atoms with Gasteiger partial charge in [0.15, 0.2) is 0 Å². The Hall–Kier alpha value is -3.06. The third kappa shape index (κ3) is 5.96. The number of para-hydroxylation sites is 1. The van der Waals surface area contributed by atoms with Crippen molar-refractivity contribution in [1.82, 2.24) is 9.80 Å². The first kappa shape index (κ1) is 20.7. The van der Waals surface area contributed by atoms with Crippen molar-refractivity contribution in [2.75, 3.05) is 31.5 Å². The first-order valence-electron chi connectivity index (χ1n) is 9.90. The molecule has 2 N–H and O–H groups in total. The number of nitrogens with zero attached hydrogens (tertiary/aromatic N) is 2. The van der Waals surface area contributed by atoms with E-state index in [1.807, 2.05) is 60.4 Å². The Kier molecular flexibility index (Phi) is 7.08. The van der Waals surface area contributed by atoms with Gasteiger partial charge in [-0.15, -0.1) is 0 Å². The molecule has 2 aromatic carbocycles. The molecule has 0 unspecified atom stereocenters. The van der Waals surface area contributed by atoms with Crippen molar-refractivity contribution in [2.45, 2.75) is 25.8 Å². The topological polar surface area (TPSA) is 82.1 Å². The van der Waals surface area contributed by atoms with E-state index in [9.17, 15) is 9.59 Å². The Morgan fingerprint density at radius 2 is 1.79 bits per heavy atom. The van der Waals surface area contributed by atoms with Crippen LogP contribution in [-0.2, 0) is 4.79 Å². The third-order valence-corrected chi connectivity index (χ3v) is 5.08. The minimum atomic E-state index is -0.815. The van der Waals surface area contributed by atoms with E-state index in [4.69, 9.17) is 9.84 Å². The summed E-state index contributed by atoms with van der Waals surface area (Å²) in [6.45, 7) is 3.91. The fourth-order valence-electron chi connectivity index (χ4n) is 3.57. The summed E-state index contributed by atoms with van der Waals surface area (Å²) in [6.07, 6.45) is 1.54. The van der Waals surface area contributed by atoms with Gasteiger partial charge in [0.25, 0.3) is 0 Å². The van der Waals surface area contributed by atoms with Crippen LogP contribution in [-0.4, -0.2) is 59.1 Å². The van der Waals surface area contributed by atoms with Crippen molar-refractivity contribution in [3.05, 3.63) is 54.6 Å². The van der Waals surface area contributed by atoms with E-state index in [0.29, 0.717) is 31.1 Å². The van der Waals surface area contributed by atoms with Crippen LogP contribution in [0, 0.1) is 0 Å². The second-order valence-electron chi connectivity index (χ2n) is 7.05. The molecule has 7 nitrogen and oxygen atoms in total. The van der Waals surface area contributed by atoms with Crippen LogP contribution in [0.1, 0.15) is 19.8 Å². The Balaban J connectivity index is 1.53. The van der Waals surface area contributed by atoms with Gasteiger partial charge in [-0.25, -0.2) is 4.79 Å². The third-order valence-electron chi connectivity index (χ3n) is 5.08. The molecule has 2 aromatic rings. The second kappa shape index (κ2) is 9.93. The van der Waals surface area contributed by atoms with Crippen molar-refractivity contribution in [2.24, 2.45) is 0 Å². The average Bonchev–Trinajstić information content (AvgIpc) is 2.73. The highest BCUT2D eigenvalue weighted by Gasteiger charge is 2.27. The van der Waals surface area contributed by atoms with E-state index in [1.54, 1.807) is 11.0 Å². The van der Waals surface area contributed by atoms with Gasteiger partial charge in [-0.05, 0) is 43.7 Å². The van der Waals surface area contributed by atoms with E-state index in [1.165, 1.54) is 0 Å². The number of hydrogen-bond acceptors (Lipinski definition) is 4. The van der Waals surface area contributed by atoms with Gasteiger partial charge in [-0.2, -0.15) is 0 Å². The zero-order valence-electron chi connectivity index (χ0n) is 16.6. The molecule has 1 fully saturated rings. The number of carbonyl (C=O) groups excluding carboxylic acids is 1.